The molecule has 0 aliphatic carbocycles. The van der Waals surface area contributed by atoms with Gasteiger partial charge in [-0.25, -0.2) is 9.59 Å². The highest BCUT2D eigenvalue weighted by Gasteiger charge is 2.39. The molecule has 0 aromatic heterocycles. The van der Waals surface area contributed by atoms with Crippen LogP contribution in [0.5, 0.6) is 0 Å². The summed E-state index contributed by atoms with van der Waals surface area (Å²) in [5.74, 6) is -1.07. The normalized spacial score (nSPS) is 25.7. The molecule has 98 valence electrons. The second-order valence-corrected chi connectivity index (χ2v) is 4.54. The van der Waals surface area contributed by atoms with Crippen LogP contribution in [0.3, 0.4) is 0 Å². The van der Waals surface area contributed by atoms with Crippen molar-refractivity contribution < 1.29 is 19.8 Å². The number of hydrogen-bond donors (Lipinski definition) is 3. The van der Waals surface area contributed by atoms with Gasteiger partial charge < -0.3 is 20.4 Å². The first kappa shape index (κ1) is 13.8. The van der Waals surface area contributed by atoms with E-state index in [-0.39, 0.29) is 19.0 Å². The van der Waals surface area contributed by atoms with Crippen molar-refractivity contribution in [3.05, 3.63) is 0 Å². The van der Waals surface area contributed by atoms with Gasteiger partial charge in [-0.3, -0.25) is 0 Å². The van der Waals surface area contributed by atoms with E-state index >= 15 is 0 Å². The number of amides is 2. The molecule has 0 aromatic rings. The fourth-order valence-corrected chi connectivity index (χ4v) is 2.07. The molecule has 1 aliphatic heterocycles. The number of carbonyl (C=O) groups is 2. The summed E-state index contributed by atoms with van der Waals surface area (Å²) in [6.45, 7) is 3.98. The highest BCUT2D eigenvalue weighted by atomic mass is 16.4. The first-order valence-electron chi connectivity index (χ1n) is 5.93. The van der Waals surface area contributed by atoms with Gasteiger partial charge in [-0.1, -0.05) is 13.3 Å². The van der Waals surface area contributed by atoms with Crippen LogP contribution in [0, 0.1) is 0 Å². The molecule has 3 atom stereocenters. The van der Waals surface area contributed by atoms with E-state index in [1.165, 1.54) is 4.90 Å². The Morgan fingerprint density at radius 3 is 2.71 bits per heavy atom. The molecule has 2 amide bonds. The number of aliphatic carboxylic acids is 1. The predicted octanol–water partition coefficient (Wildman–Crippen LogP) is 0.404. The molecule has 0 spiro atoms. The third kappa shape index (κ3) is 3.59. The van der Waals surface area contributed by atoms with Gasteiger partial charge in [-0.15, -0.1) is 0 Å². The van der Waals surface area contributed by atoms with Gasteiger partial charge >= 0.3 is 12.0 Å². The zero-order valence-corrected chi connectivity index (χ0v) is 10.2. The topological polar surface area (TPSA) is 89.9 Å². The van der Waals surface area contributed by atoms with Crippen LogP contribution in [0.15, 0.2) is 0 Å². The first-order chi connectivity index (χ1) is 7.95. The summed E-state index contributed by atoms with van der Waals surface area (Å²) in [4.78, 5) is 24.0. The van der Waals surface area contributed by atoms with Gasteiger partial charge in [0.1, 0.15) is 6.04 Å². The van der Waals surface area contributed by atoms with Crippen molar-refractivity contribution in [1.29, 1.82) is 0 Å². The van der Waals surface area contributed by atoms with Gasteiger partial charge in [-0.2, -0.15) is 0 Å². The van der Waals surface area contributed by atoms with Gasteiger partial charge in [0.05, 0.1) is 6.10 Å². The van der Waals surface area contributed by atoms with E-state index in [2.05, 4.69) is 5.32 Å². The maximum absolute atomic E-state index is 11.8. The van der Waals surface area contributed by atoms with Gasteiger partial charge in [0.25, 0.3) is 0 Å². The maximum Gasteiger partial charge on any atom is 0.326 e. The Morgan fingerprint density at radius 1 is 1.53 bits per heavy atom. The molecule has 3 unspecified atom stereocenters. The zero-order valence-electron chi connectivity index (χ0n) is 10.2. The number of likely N-dealkylation sites (tertiary alicyclic amines) is 1. The lowest BCUT2D eigenvalue weighted by atomic mass is 10.2. The molecule has 0 radical (unpaired) electrons. The Kier molecular flexibility index (Phi) is 4.74. The standard InChI is InChI=1S/C11H20N2O4/c1-3-4-7(2)12-11(17)13-6-8(14)5-9(13)10(15)16/h7-9,14H,3-6H2,1-2H3,(H,12,17)(H,15,16). The largest absolute Gasteiger partial charge is 0.480 e. The maximum atomic E-state index is 11.8. The van der Waals surface area contributed by atoms with Crippen molar-refractivity contribution in [2.75, 3.05) is 6.54 Å². The Labute approximate surface area is 101 Å². The minimum Gasteiger partial charge on any atom is -0.480 e. The fourth-order valence-electron chi connectivity index (χ4n) is 2.07. The summed E-state index contributed by atoms with van der Waals surface area (Å²) in [7, 11) is 0. The van der Waals surface area contributed by atoms with E-state index < -0.39 is 24.1 Å². The van der Waals surface area contributed by atoms with E-state index in [1.807, 2.05) is 13.8 Å². The number of β-amino-alcohol motifs (C(OH)–C–C–N with tert-alkyl or cyclic N) is 1. The second-order valence-electron chi connectivity index (χ2n) is 4.54. The quantitative estimate of drug-likeness (QED) is 0.668. The van der Waals surface area contributed by atoms with Crippen LogP contribution >= 0.6 is 0 Å². The molecular weight excluding hydrogens is 224 g/mol. The number of carboxylic acids is 1. The molecule has 6 nitrogen and oxygen atoms in total. The van der Waals surface area contributed by atoms with E-state index in [4.69, 9.17) is 5.11 Å². The second kappa shape index (κ2) is 5.86. The minimum absolute atomic E-state index is 0.0136. The first-order valence-corrected chi connectivity index (χ1v) is 5.93. The molecule has 3 N–H and O–H groups in total. The molecule has 1 aliphatic rings. The Bertz CT molecular complexity index is 295. The summed E-state index contributed by atoms with van der Waals surface area (Å²) in [6, 6.07) is -1.31. The SMILES string of the molecule is CCCC(C)NC(=O)N1CC(O)CC1C(=O)O. The number of nitrogens with zero attached hydrogens (tertiary/aromatic N) is 1. The number of carboxylic acid groups (broad SMARTS) is 1. The third-order valence-electron chi connectivity index (χ3n) is 2.92. The summed E-state index contributed by atoms with van der Waals surface area (Å²) >= 11 is 0. The van der Waals surface area contributed by atoms with Crippen molar-refractivity contribution >= 4 is 12.0 Å². The molecular formula is C11H20N2O4. The van der Waals surface area contributed by atoms with E-state index in [0.29, 0.717) is 0 Å². The number of nitrogens with one attached hydrogen (secondary N) is 1. The van der Waals surface area contributed by atoms with Crippen LogP contribution in [-0.4, -0.2) is 51.8 Å². The molecule has 1 heterocycles. The molecule has 0 saturated carbocycles. The summed E-state index contributed by atoms with van der Waals surface area (Å²) < 4.78 is 0. The summed E-state index contributed by atoms with van der Waals surface area (Å²) in [5.41, 5.74) is 0. The number of carbonyl (C=O) groups excluding carboxylic acids is 1. The van der Waals surface area contributed by atoms with Crippen molar-refractivity contribution in [3.63, 3.8) is 0 Å². The van der Waals surface area contributed by atoms with Crippen LogP contribution in [-0.2, 0) is 4.79 Å². The Hall–Kier alpha value is -1.30. The highest BCUT2D eigenvalue weighted by molar-refractivity contribution is 5.83. The molecule has 17 heavy (non-hydrogen) atoms. The van der Waals surface area contributed by atoms with Crippen molar-refractivity contribution in [2.45, 2.75) is 51.3 Å². The van der Waals surface area contributed by atoms with Gasteiger partial charge in [0, 0.05) is 19.0 Å². The van der Waals surface area contributed by atoms with Crippen LogP contribution in [0.4, 0.5) is 4.79 Å². The molecule has 1 fully saturated rings. The number of urea groups is 1. The van der Waals surface area contributed by atoms with Crippen molar-refractivity contribution in [3.8, 4) is 0 Å². The van der Waals surface area contributed by atoms with Crippen LogP contribution in [0.2, 0.25) is 0 Å². The van der Waals surface area contributed by atoms with Crippen molar-refractivity contribution in [1.82, 2.24) is 10.2 Å². The monoisotopic (exact) mass is 244 g/mol. The Morgan fingerprint density at radius 2 is 2.18 bits per heavy atom. The van der Waals surface area contributed by atoms with Crippen molar-refractivity contribution in [2.24, 2.45) is 0 Å². The van der Waals surface area contributed by atoms with Gasteiger partial charge in [-0.05, 0) is 13.3 Å². The fraction of sp³-hybridized carbons (Fsp3) is 0.818. The number of hydrogen-bond acceptors (Lipinski definition) is 3. The average molecular weight is 244 g/mol. The minimum atomic E-state index is -1.07. The van der Waals surface area contributed by atoms with Gasteiger partial charge in [0.2, 0.25) is 0 Å². The number of rotatable bonds is 4. The van der Waals surface area contributed by atoms with E-state index in [0.717, 1.165) is 12.8 Å². The molecule has 0 bridgehead atoms. The molecule has 0 aromatic carbocycles. The number of aliphatic hydroxyl groups is 1. The van der Waals surface area contributed by atoms with E-state index in [1.54, 1.807) is 0 Å². The molecule has 1 rings (SSSR count). The highest BCUT2D eigenvalue weighted by Crippen LogP contribution is 2.18. The van der Waals surface area contributed by atoms with Crippen LogP contribution in [0.1, 0.15) is 33.1 Å². The molecule has 6 heteroatoms. The molecule has 1 saturated heterocycles. The summed E-state index contributed by atoms with van der Waals surface area (Å²) in [6.07, 6.45) is 1.15. The lowest BCUT2D eigenvalue weighted by molar-refractivity contribution is -0.141. The predicted molar refractivity (Wildman–Crippen MR) is 61.7 cm³/mol. The number of aliphatic hydroxyl groups excluding tert-OH is 1. The van der Waals surface area contributed by atoms with Crippen LogP contribution < -0.4 is 5.32 Å². The lowest BCUT2D eigenvalue weighted by Crippen LogP contribution is -2.48. The third-order valence-corrected chi connectivity index (χ3v) is 2.92. The smallest absolute Gasteiger partial charge is 0.326 e. The lowest BCUT2D eigenvalue weighted by Gasteiger charge is -2.24. The van der Waals surface area contributed by atoms with Gasteiger partial charge in [0.15, 0.2) is 0 Å². The van der Waals surface area contributed by atoms with Crippen LogP contribution in [0.25, 0.3) is 0 Å². The summed E-state index contributed by atoms with van der Waals surface area (Å²) in [5, 5.41) is 21.1. The van der Waals surface area contributed by atoms with E-state index in [9.17, 15) is 14.7 Å². The Balaban J connectivity index is 2.58. The average Bonchev–Trinajstić information content (AvgIpc) is 2.60. The zero-order chi connectivity index (χ0) is 13.0.